The fourth-order valence-corrected chi connectivity index (χ4v) is 1.76. The second-order valence-corrected chi connectivity index (χ2v) is 4.56. The van der Waals surface area contributed by atoms with Gasteiger partial charge in [0.05, 0.1) is 23.4 Å². The number of hydrogen-bond donors (Lipinski definition) is 1. The van der Waals surface area contributed by atoms with Crippen molar-refractivity contribution in [2.45, 2.75) is 13.3 Å². The third-order valence-corrected chi connectivity index (χ3v) is 2.86. The summed E-state index contributed by atoms with van der Waals surface area (Å²) in [6.07, 6.45) is 2.60. The molecule has 0 aliphatic heterocycles. The van der Waals surface area contributed by atoms with Crippen LogP contribution in [-0.2, 0) is 0 Å². The van der Waals surface area contributed by atoms with E-state index in [1.807, 2.05) is 31.2 Å². The van der Waals surface area contributed by atoms with Crippen LogP contribution in [0.1, 0.15) is 18.9 Å². The van der Waals surface area contributed by atoms with Gasteiger partial charge in [0.1, 0.15) is 5.75 Å². The second kappa shape index (κ2) is 7.78. The van der Waals surface area contributed by atoms with Crippen LogP contribution in [0, 0.1) is 10.1 Å². The van der Waals surface area contributed by atoms with Crippen molar-refractivity contribution in [3.8, 4) is 5.75 Å². The molecule has 0 amide bonds. The van der Waals surface area contributed by atoms with Gasteiger partial charge in [-0.05, 0) is 30.7 Å². The zero-order chi connectivity index (χ0) is 15.8. The highest BCUT2D eigenvalue weighted by molar-refractivity contribution is 5.84. The van der Waals surface area contributed by atoms with Crippen molar-refractivity contribution in [1.29, 1.82) is 0 Å². The van der Waals surface area contributed by atoms with Crippen LogP contribution in [0.2, 0.25) is 0 Å². The number of ether oxygens (including phenoxy) is 1. The molecule has 0 spiro atoms. The summed E-state index contributed by atoms with van der Waals surface area (Å²) < 4.78 is 5.64. The molecular formula is C16H17N3O3. The molecule has 1 N–H and O–H groups in total. The predicted molar refractivity (Wildman–Crippen MR) is 86.5 cm³/mol. The van der Waals surface area contributed by atoms with Gasteiger partial charge in [-0.2, -0.15) is 5.10 Å². The van der Waals surface area contributed by atoms with Crippen molar-refractivity contribution in [2.24, 2.45) is 5.10 Å². The topological polar surface area (TPSA) is 76.8 Å². The molecule has 0 aliphatic carbocycles. The van der Waals surface area contributed by atoms with Crippen molar-refractivity contribution in [2.75, 3.05) is 12.0 Å². The standard InChI is InChI=1S/C16H17N3O3/c1-2-11-22-16-6-4-3-5-13(16)12-17-18-14-7-9-15(10-8-14)19(20)21/h3-10,12,18H,2,11H2,1H3/b17-12+. The average molecular weight is 299 g/mol. The Hall–Kier alpha value is -2.89. The molecule has 6 heteroatoms. The first-order valence-electron chi connectivity index (χ1n) is 6.96. The normalized spacial score (nSPS) is 10.6. The van der Waals surface area contributed by atoms with E-state index in [9.17, 15) is 10.1 Å². The Labute approximate surface area is 128 Å². The van der Waals surface area contributed by atoms with Gasteiger partial charge in [0.2, 0.25) is 0 Å². The molecule has 22 heavy (non-hydrogen) atoms. The molecule has 0 bridgehead atoms. The summed E-state index contributed by atoms with van der Waals surface area (Å²) >= 11 is 0. The summed E-state index contributed by atoms with van der Waals surface area (Å²) in [6, 6.07) is 13.7. The van der Waals surface area contributed by atoms with Crippen molar-refractivity contribution in [1.82, 2.24) is 0 Å². The summed E-state index contributed by atoms with van der Waals surface area (Å²) in [7, 11) is 0. The van der Waals surface area contributed by atoms with Crippen LogP contribution in [-0.4, -0.2) is 17.7 Å². The van der Waals surface area contributed by atoms with E-state index in [4.69, 9.17) is 4.74 Å². The lowest BCUT2D eigenvalue weighted by atomic mass is 10.2. The molecule has 0 fully saturated rings. The molecule has 114 valence electrons. The molecule has 2 aromatic carbocycles. The maximum absolute atomic E-state index is 10.6. The summed E-state index contributed by atoms with van der Waals surface area (Å²) in [5.41, 5.74) is 4.42. The summed E-state index contributed by atoms with van der Waals surface area (Å²) in [6.45, 7) is 2.70. The molecule has 0 saturated heterocycles. The minimum Gasteiger partial charge on any atom is -0.493 e. The maximum atomic E-state index is 10.6. The molecule has 0 saturated carbocycles. The molecule has 0 heterocycles. The zero-order valence-corrected chi connectivity index (χ0v) is 12.2. The Balaban J connectivity index is 2.01. The van der Waals surface area contributed by atoms with Crippen LogP contribution < -0.4 is 10.2 Å². The van der Waals surface area contributed by atoms with Crippen molar-refractivity contribution in [3.05, 3.63) is 64.2 Å². The number of nitrogens with one attached hydrogen (secondary N) is 1. The highest BCUT2D eigenvalue weighted by Gasteiger charge is 2.03. The summed E-state index contributed by atoms with van der Waals surface area (Å²) in [4.78, 5) is 10.1. The van der Waals surface area contributed by atoms with Crippen LogP contribution in [0.5, 0.6) is 5.75 Å². The first-order chi connectivity index (χ1) is 10.7. The molecule has 0 unspecified atom stereocenters. The molecule has 2 rings (SSSR count). The molecule has 0 aromatic heterocycles. The van der Waals surface area contributed by atoms with Crippen molar-refractivity contribution in [3.63, 3.8) is 0 Å². The quantitative estimate of drug-likeness (QED) is 0.479. The van der Waals surface area contributed by atoms with Gasteiger partial charge in [-0.3, -0.25) is 15.5 Å². The number of hydrazone groups is 1. The first kappa shape index (κ1) is 15.5. The SMILES string of the molecule is CCCOc1ccccc1/C=N/Nc1ccc([N+](=O)[O-])cc1. The van der Waals surface area contributed by atoms with Gasteiger partial charge >= 0.3 is 0 Å². The molecular weight excluding hydrogens is 282 g/mol. The lowest BCUT2D eigenvalue weighted by Gasteiger charge is -2.07. The molecule has 0 atom stereocenters. The van der Waals surface area contributed by atoms with Crippen LogP contribution in [0.25, 0.3) is 0 Å². The van der Waals surface area contributed by atoms with E-state index in [1.54, 1.807) is 18.3 Å². The van der Waals surface area contributed by atoms with Crippen molar-refractivity contribution < 1.29 is 9.66 Å². The molecule has 6 nitrogen and oxygen atoms in total. The van der Waals surface area contributed by atoms with E-state index in [1.165, 1.54) is 12.1 Å². The Bertz CT molecular complexity index is 654. The first-order valence-corrected chi connectivity index (χ1v) is 6.96. The fraction of sp³-hybridized carbons (Fsp3) is 0.188. The van der Waals surface area contributed by atoms with E-state index in [-0.39, 0.29) is 5.69 Å². The molecule has 0 aliphatic rings. The fourth-order valence-electron chi connectivity index (χ4n) is 1.76. The van der Waals surface area contributed by atoms with Gasteiger partial charge in [-0.1, -0.05) is 19.1 Å². The van der Waals surface area contributed by atoms with Gasteiger partial charge < -0.3 is 4.74 Å². The predicted octanol–water partition coefficient (Wildman–Crippen LogP) is 3.83. The number of non-ortho nitro benzene ring substituents is 1. The average Bonchev–Trinajstić information content (AvgIpc) is 2.54. The van der Waals surface area contributed by atoms with E-state index < -0.39 is 4.92 Å². The second-order valence-electron chi connectivity index (χ2n) is 4.56. The van der Waals surface area contributed by atoms with Crippen LogP contribution in [0.3, 0.4) is 0 Å². The Morgan fingerprint density at radius 2 is 1.95 bits per heavy atom. The number of benzene rings is 2. The van der Waals surface area contributed by atoms with Gasteiger partial charge in [-0.25, -0.2) is 0 Å². The number of hydrogen-bond acceptors (Lipinski definition) is 5. The molecule has 2 aromatic rings. The number of anilines is 1. The lowest BCUT2D eigenvalue weighted by Crippen LogP contribution is -1.99. The maximum Gasteiger partial charge on any atom is 0.269 e. The minimum atomic E-state index is -0.436. The third kappa shape index (κ3) is 4.31. The number of nitro benzene ring substituents is 1. The Kier molecular flexibility index (Phi) is 5.48. The smallest absolute Gasteiger partial charge is 0.269 e. The van der Waals surface area contributed by atoms with E-state index in [0.717, 1.165) is 17.7 Å². The van der Waals surface area contributed by atoms with E-state index >= 15 is 0 Å². The van der Waals surface area contributed by atoms with Crippen LogP contribution in [0.15, 0.2) is 53.6 Å². The number of rotatable bonds is 7. The Morgan fingerprint density at radius 3 is 2.64 bits per heavy atom. The van der Waals surface area contributed by atoms with Gasteiger partial charge in [-0.15, -0.1) is 0 Å². The summed E-state index contributed by atoms with van der Waals surface area (Å²) in [5, 5.41) is 14.7. The Morgan fingerprint density at radius 1 is 1.23 bits per heavy atom. The highest BCUT2D eigenvalue weighted by Crippen LogP contribution is 2.17. The van der Waals surface area contributed by atoms with E-state index in [0.29, 0.717) is 12.3 Å². The van der Waals surface area contributed by atoms with Crippen molar-refractivity contribution >= 4 is 17.6 Å². The van der Waals surface area contributed by atoms with Crippen LogP contribution >= 0.6 is 0 Å². The minimum absolute atomic E-state index is 0.0489. The number of para-hydroxylation sites is 1. The lowest BCUT2D eigenvalue weighted by molar-refractivity contribution is -0.384. The van der Waals surface area contributed by atoms with Gasteiger partial charge in [0, 0.05) is 17.7 Å². The molecule has 0 radical (unpaired) electrons. The largest absolute Gasteiger partial charge is 0.493 e. The van der Waals surface area contributed by atoms with Gasteiger partial charge in [0.25, 0.3) is 5.69 Å². The van der Waals surface area contributed by atoms with Gasteiger partial charge in [0.15, 0.2) is 0 Å². The monoisotopic (exact) mass is 299 g/mol. The number of nitrogens with zero attached hydrogens (tertiary/aromatic N) is 2. The summed E-state index contributed by atoms with van der Waals surface area (Å²) in [5.74, 6) is 0.776. The highest BCUT2D eigenvalue weighted by atomic mass is 16.6. The zero-order valence-electron chi connectivity index (χ0n) is 12.2. The number of nitro groups is 1. The van der Waals surface area contributed by atoms with E-state index in [2.05, 4.69) is 10.5 Å². The third-order valence-electron chi connectivity index (χ3n) is 2.86. The van der Waals surface area contributed by atoms with Crippen LogP contribution in [0.4, 0.5) is 11.4 Å².